The molecule has 14 heavy (non-hydrogen) atoms. The van der Waals surface area contributed by atoms with Crippen molar-refractivity contribution in [3.05, 3.63) is 10.5 Å². The summed E-state index contributed by atoms with van der Waals surface area (Å²) in [6.07, 6.45) is 3.47. The van der Waals surface area contributed by atoms with Gasteiger partial charge in [-0.2, -0.15) is 0 Å². The molecule has 0 bridgehead atoms. The van der Waals surface area contributed by atoms with E-state index < -0.39 is 0 Å². The Balaban J connectivity index is 2.27. The summed E-state index contributed by atoms with van der Waals surface area (Å²) in [5.41, 5.74) is 1.57. The molecule has 78 valence electrons. The van der Waals surface area contributed by atoms with Gasteiger partial charge in [-0.05, 0) is 42.4 Å². The van der Waals surface area contributed by atoms with Crippen molar-refractivity contribution in [2.45, 2.75) is 40.0 Å². The molecule has 2 heteroatoms. The average Bonchev–Trinajstić information content (AvgIpc) is 2.82. The fourth-order valence-corrected chi connectivity index (χ4v) is 3.69. The Kier molecular flexibility index (Phi) is 2.74. The van der Waals surface area contributed by atoms with Crippen molar-refractivity contribution in [2.24, 2.45) is 17.8 Å². The Labute approximate surface area is 90.3 Å². The number of allylic oxidation sites excluding steroid dienone is 2. The molecule has 1 fully saturated rings. The lowest BCUT2D eigenvalue weighted by Crippen LogP contribution is -2.20. The first-order valence-electron chi connectivity index (χ1n) is 5.51. The van der Waals surface area contributed by atoms with E-state index in [0.717, 1.165) is 12.3 Å². The molecule has 2 aliphatic rings. The highest BCUT2D eigenvalue weighted by Gasteiger charge is 2.38. The molecule has 1 unspecified atom stereocenters. The van der Waals surface area contributed by atoms with Gasteiger partial charge in [0, 0.05) is 6.42 Å². The van der Waals surface area contributed by atoms with E-state index in [4.69, 9.17) is 0 Å². The lowest BCUT2D eigenvalue weighted by Gasteiger charge is -2.28. The summed E-state index contributed by atoms with van der Waals surface area (Å²) >= 11 is 1.47. The number of carbonyl (C=O) groups is 1. The van der Waals surface area contributed by atoms with Crippen LogP contribution < -0.4 is 0 Å². The van der Waals surface area contributed by atoms with Crippen molar-refractivity contribution in [2.75, 3.05) is 0 Å². The van der Waals surface area contributed by atoms with E-state index in [1.807, 2.05) is 0 Å². The maximum Gasteiger partial charge on any atom is 0.193 e. The number of thioether (sulfide) groups is 1. The molecule has 1 heterocycles. The van der Waals surface area contributed by atoms with Crippen LogP contribution in [0.15, 0.2) is 10.5 Å². The normalized spacial score (nSPS) is 28.9. The second-order valence-corrected chi connectivity index (χ2v) is 6.06. The summed E-state index contributed by atoms with van der Waals surface area (Å²) in [5, 5.41) is 0.379. The van der Waals surface area contributed by atoms with Gasteiger partial charge in [-0.1, -0.05) is 31.2 Å². The number of hydrogen-bond donors (Lipinski definition) is 0. The summed E-state index contributed by atoms with van der Waals surface area (Å²) in [7, 11) is 0. The van der Waals surface area contributed by atoms with Gasteiger partial charge in [0.25, 0.3) is 0 Å². The molecule has 2 rings (SSSR count). The van der Waals surface area contributed by atoms with Crippen molar-refractivity contribution in [1.29, 1.82) is 0 Å². The van der Waals surface area contributed by atoms with Gasteiger partial charge >= 0.3 is 0 Å². The largest absolute Gasteiger partial charge is 0.287 e. The highest BCUT2D eigenvalue weighted by molar-refractivity contribution is 8.17. The molecule has 0 saturated heterocycles. The van der Waals surface area contributed by atoms with Gasteiger partial charge in [-0.25, -0.2) is 0 Å². The summed E-state index contributed by atoms with van der Waals surface area (Å²) < 4.78 is 0. The van der Waals surface area contributed by atoms with Gasteiger partial charge in [-0.15, -0.1) is 0 Å². The van der Waals surface area contributed by atoms with Crippen molar-refractivity contribution >= 4 is 16.9 Å². The molecule has 1 saturated carbocycles. The topological polar surface area (TPSA) is 17.1 Å². The standard InChI is InChI=1S/C12H18OS/c1-7(2)12-8(3)14-11(13)6-10(12)9-4-5-9/h7,9-10H,4-6H2,1-3H3. The van der Waals surface area contributed by atoms with E-state index in [9.17, 15) is 4.79 Å². The molecule has 1 aliphatic carbocycles. The van der Waals surface area contributed by atoms with Gasteiger partial charge in [0.2, 0.25) is 0 Å². The monoisotopic (exact) mass is 210 g/mol. The van der Waals surface area contributed by atoms with Crippen LogP contribution in [0.1, 0.15) is 40.0 Å². The van der Waals surface area contributed by atoms with E-state index in [2.05, 4.69) is 20.8 Å². The Morgan fingerprint density at radius 2 is 2.00 bits per heavy atom. The molecule has 0 N–H and O–H groups in total. The van der Waals surface area contributed by atoms with Gasteiger partial charge in [0.05, 0.1) is 0 Å². The average molecular weight is 210 g/mol. The van der Waals surface area contributed by atoms with Crippen molar-refractivity contribution in [3.8, 4) is 0 Å². The molecule has 0 aromatic carbocycles. The van der Waals surface area contributed by atoms with E-state index in [1.54, 1.807) is 5.57 Å². The van der Waals surface area contributed by atoms with Crippen LogP contribution in [0.4, 0.5) is 0 Å². The maximum atomic E-state index is 11.5. The Morgan fingerprint density at radius 1 is 1.36 bits per heavy atom. The molecule has 1 aliphatic heterocycles. The molecule has 0 radical (unpaired) electrons. The number of rotatable bonds is 2. The first-order chi connectivity index (χ1) is 6.59. The number of carbonyl (C=O) groups excluding carboxylic acids is 1. The third kappa shape index (κ3) is 1.90. The lowest BCUT2D eigenvalue weighted by atomic mass is 9.84. The smallest absolute Gasteiger partial charge is 0.193 e. The van der Waals surface area contributed by atoms with Crippen LogP contribution in [0.2, 0.25) is 0 Å². The molecule has 1 nitrogen and oxygen atoms in total. The van der Waals surface area contributed by atoms with E-state index in [1.165, 1.54) is 29.5 Å². The van der Waals surface area contributed by atoms with E-state index >= 15 is 0 Å². The highest BCUT2D eigenvalue weighted by Crippen LogP contribution is 2.49. The molecule has 0 aromatic rings. The summed E-state index contributed by atoms with van der Waals surface area (Å²) in [5.74, 6) is 2.03. The summed E-state index contributed by atoms with van der Waals surface area (Å²) in [6, 6.07) is 0. The second kappa shape index (κ2) is 3.73. The molecule has 0 aromatic heterocycles. The van der Waals surface area contributed by atoms with Crippen molar-refractivity contribution in [3.63, 3.8) is 0 Å². The summed E-state index contributed by atoms with van der Waals surface area (Å²) in [6.45, 7) is 6.63. The quantitative estimate of drug-likeness (QED) is 0.692. The highest BCUT2D eigenvalue weighted by atomic mass is 32.2. The van der Waals surface area contributed by atoms with Crippen LogP contribution in [0.5, 0.6) is 0 Å². The zero-order valence-corrected chi connectivity index (χ0v) is 9.99. The fourth-order valence-electron chi connectivity index (χ4n) is 2.58. The minimum absolute atomic E-state index is 0.379. The Morgan fingerprint density at radius 3 is 2.50 bits per heavy atom. The van der Waals surface area contributed by atoms with Crippen LogP contribution in [0, 0.1) is 17.8 Å². The van der Waals surface area contributed by atoms with Crippen molar-refractivity contribution < 1.29 is 4.79 Å². The predicted molar refractivity (Wildman–Crippen MR) is 61.0 cm³/mol. The van der Waals surface area contributed by atoms with Crippen LogP contribution >= 0.6 is 11.8 Å². The minimum atomic E-state index is 0.379. The fraction of sp³-hybridized carbons (Fsp3) is 0.750. The molecular weight excluding hydrogens is 192 g/mol. The van der Waals surface area contributed by atoms with Gasteiger partial charge in [-0.3, -0.25) is 4.79 Å². The van der Waals surface area contributed by atoms with E-state index in [0.29, 0.717) is 17.0 Å². The number of hydrogen-bond acceptors (Lipinski definition) is 2. The molecule has 1 atom stereocenters. The maximum absolute atomic E-state index is 11.5. The van der Waals surface area contributed by atoms with Crippen molar-refractivity contribution in [1.82, 2.24) is 0 Å². The Bertz CT molecular complexity index is 287. The van der Waals surface area contributed by atoms with Gasteiger partial charge in [0.1, 0.15) is 0 Å². The zero-order valence-electron chi connectivity index (χ0n) is 9.17. The van der Waals surface area contributed by atoms with Crippen LogP contribution in [-0.2, 0) is 4.79 Å². The zero-order chi connectivity index (χ0) is 10.3. The second-order valence-electron chi connectivity index (χ2n) is 4.79. The van der Waals surface area contributed by atoms with Crippen LogP contribution in [0.3, 0.4) is 0 Å². The minimum Gasteiger partial charge on any atom is -0.287 e. The third-order valence-corrected chi connectivity index (χ3v) is 4.21. The van der Waals surface area contributed by atoms with Crippen LogP contribution in [-0.4, -0.2) is 5.12 Å². The first-order valence-corrected chi connectivity index (χ1v) is 6.32. The SMILES string of the molecule is CC1=C(C(C)C)C(C2CC2)CC(=O)S1. The summed E-state index contributed by atoms with van der Waals surface area (Å²) in [4.78, 5) is 12.8. The lowest BCUT2D eigenvalue weighted by molar-refractivity contribution is -0.111. The van der Waals surface area contributed by atoms with Gasteiger partial charge < -0.3 is 0 Å². The molecule has 0 spiro atoms. The molecule has 0 amide bonds. The van der Waals surface area contributed by atoms with E-state index in [-0.39, 0.29) is 0 Å². The van der Waals surface area contributed by atoms with Crippen LogP contribution in [0.25, 0.3) is 0 Å². The van der Waals surface area contributed by atoms with Gasteiger partial charge in [0.15, 0.2) is 5.12 Å². The first kappa shape index (κ1) is 10.3. The third-order valence-electron chi connectivity index (χ3n) is 3.27. The predicted octanol–water partition coefficient (Wildman–Crippen LogP) is 3.61. The Hall–Kier alpha value is -0.240. The molecular formula is C12H18OS.